The Bertz CT molecular complexity index is 1750. The lowest BCUT2D eigenvalue weighted by Gasteiger charge is -2.30. The average Bonchev–Trinajstić information content (AvgIpc) is 3.68. The zero-order valence-electron chi connectivity index (χ0n) is 24.4. The van der Waals surface area contributed by atoms with Gasteiger partial charge in [0.1, 0.15) is 12.4 Å². The molecule has 4 aliphatic rings. The summed E-state index contributed by atoms with van der Waals surface area (Å²) < 4.78 is 13.9. The summed E-state index contributed by atoms with van der Waals surface area (Å²) >= 11 is 0. The quantitative estimate of drug-likeness (QED) is 0.364. The first-order valence-electron chi connectivity index (χ1n) is 14.8. The number of hydrogen-bond acceptors (Lipinski definition) is 7. The van der Waals surface area contributed by atoms with Gasteiger partial charge < -0.3 is 0 Å². The number of allylic oxidation sites excluding steroid dienone is 1. The summed E-state index contributed by atoms with van der Waals surface area (Å²) in [6.45, 7) is 3.79. The van der Waals surface area contributed by atoms with E-state index in [2.05, 4.69) is 47.6 Å². The number of hydrogen-bond donors (Lipinski definition) is 0. The second kappa shape index (κ2) is 10.9. The van der Waals surface area contributed by atoms with Crippen LogP contribution >= 0.6 is 0 Å². The molecule has 1 saturated carbocycles. The summed E-state index contributed by atoms with van der Waals surface area (Å²) in [5.74, 6) is -2.10. The molecule has 3 heterocycles. The third kappa shape index (κ3) is 4.80. The van der Waals surface area contributed by atoms with E-state index in [4.69, 9.17) is 5.10 Å². The van der Waals surface area contributed by atoms with Gasteiger partial charge in [-0.25, -0.2) is 14.3 Å². The number of fused-ring (bicyclic) bond motifs is 2. The summed E-state index contributed by atoms with van der Waals surface area (Å²) in [6, 6.07) is 19.3. The van der Waals surface area contributed by atoms with Crippen molar-refractivity contribution in [2.75, 3.05) is 11.4 Å². The minimum Gasteiger partial charge on any atom is -0.271 e. The van der Waals surface area contributed by atoms with Crippen molar-refractivity contribution in [3.63, 3.8) is 0 Å². The molecule has 0 bridgehead atoms. The molecule has 222 valence electrons. The molecule has 0 N–H and O–H groups in total. The third-order valence-electron chi connectivity index (χ3n) is 8.82. The first kappa shape index (κ1) is 27.8. The summed E-state index contributed by atoms with van der Waals surface area (Å²) in [7, 11) is 0. The number of hydrazone groups is 1. The molecule has 44 heavy (non-hydrogen) atoms. The fourth-order valence-electron chi connectivity index (χ4n) is 6.60. The summed E-state index contributed by atoms with van der Waals surface area (Å²) in [5, 5.41) is 15.9. The van der Waals surface area contributed by atoms with Crippen molar-refractivity contribution in [3.8, 4) is 0 Å². The summed E-state index contributed by atoms with van der Waals surface area (Å²) in [6.07, 6.45) is 4.88. The number of aryl methyl sites for hydroxylation is 2. The normalized spacial score (nSPS) is 25.1. The zero-order chi connectivity index (χ0) is 30.5. The number of carbonyl (C=O) groups excluding carboxylic acids is 3. The predicted molar refractivity (Wildman–Crippen MR) is 163 cm³/mol. The van der Waals surface area contributed by atoms with Crippen LogP contribution in [0.15, 0.2) is 93.8 Å². The van der Waals surface area contributed by atoms with Gasteiger partial charge in [-0.2, -0.15) is 10.2 Å². The fourth-order valence-corrected chi connectivity index (χ4v) is 6.60. The van der Waals surface area contributed by atoms with Gasteiger partial charge in [0.05, 0.1) is 17.4 Å². The van der Waals surface area contributed by atoms with E-state index in [9.17, 15) is 18.8 Å². The molecule has 10 heteroatoms. The van der Waals surface area contributed by atoms with E-state index in [1.807, 2.05) is 31.2 Å². The molecular formula is C34H31FN6O3. The van der Waals surface area contributed by atoms with Crippen molar-refractivity contribution in [2.24, 2.45) is 21.4 Å². The first-order chi connectivity index (χ1) is 21.3. The van der Waals surface area contributed by atoms with E-state index < -0.39 is 29.7 Å². The van der Waals surface area contributed by atoms with Crippen molar-refractivity contribution in [1.82, 2.24) is 10.0 Å². The number of amides is 3. The predicted octanol–water partition coefficient (Wildman–Crippen LogP) is 5.56. The molecule has 3 amide bonds. The maximum Gasteiger partial charge on any atom is 0.264 e. The highest BCUT2D eigenvalue weighted by molar-refractivity contribution is 6.25. The molecule has 9 nitrogen and oxygen atoms in total. The number of halogens is 1. The lowest BCUT2D eigenvalue weighted by atomic mass is 9.77. The molecule has 7 rings (SSSR count). The van der Waals surface area contributed by atoms with Gasteiger partial charge in [-0.3, -0.25) is 19.4 Å². The van der Waals surface area contributed by atoms with Crippen molar-refractivity contribution >= 4 is 35.2 Å². The smallest absolute Gasteiger partial charge is 0.264 e. The molecular weight excluding hydrogens is 559 g/mol. The number of benzene rings is 3. The molecule has 3 aromatic rings. The number of anilines is 1. The lowest BCUT2D eigenvalue weighted by Crippen LogP contribution is -2.45. The highest BCUT2D eigenvalue weighted by atomic mass is 19.1. The standard InChI is InChI=1S/C34H31FN6O3/c1-20-9-13-22(14-10-20)17-24-5-3-8-27-29(24)37-41(31(27)23-15-11-21(2)12-16-23)28(42)19-39-32-30(36-38-39)33(43)40(34(32)44)26-7-4-6-25(35)18-26/h4,6-7,9-18,27,30-32H,3,5,8,19H2,1-2H3/b24-17+/t27-,30+,31+,32+/m1/s1. The van der Waals surface area contributed by atoms with Crippen LogP contribution in [0.5, 0.6) is 0 Å². The van der Waals surface area contributed by atoms with E-state index in [1.54, 1.807) is 0 Å². The van der Waals surface area contributed by atoms with E-state index in [-0.39, 0.29) is 30.1 Å². The first-order valence-corrected chi connectivity index (χ1v) is 14.8. The van der Waals surface area contributed by atoms with E-state index in [0.29, 0.717) is 0 Å². The van der Waals surface area contributed by atoms with Gasteiger partial charge in [0.15, 0.2) is 12.1 Å². The SMILES string of the molecule is Cc1ccc(/C=C2\CCC[C@@H]3C2=NN(C(=O)CN2N=N[C@@H]4C(=O)N(c5cccc(F)c5)C(=O)[C@H]42)[C@H]3c2ccc(C)cc2)cc1. The van der Waals surface area contributed by atoms with Crippen LogP contribution in [-0.4, -0.2) is 52.1 Å². The fraction of sp³-hybridized carbons (Fsp3) is 0.294. The average molecular weight is 591 g/mol. The molecule has 4 atom stereocenters. The maximum absolute atomic E-state index is 14.1. The van der Waals surface area contributed by atoms with Crippen LogP contribution in [0.1, 0.15) is 47.6 Å². The molecule has 3 aromatic carbocycles. The topological polar surface area (TPSA) is 98.0 Å². The Balaban J connectivity index is 1.19. The Morgan fingerprint density at radius 2 is 1.68 bits per heavy atom. The molecule has 1 saturated heterocycles. The zero-order valence-corrected chi connectivity index (χ0v) is 24.4. The van der Waals surface area contributed by atoms with Gasteiger partial charge in [-0.1, -0.05) is 70.9 Å². The van der Waals surface area contributed by atoms with Crippen LogP contribution in [0.25, 0.3) is 6.08 Å². The largest absolute Gasteiger partial charge is 0.271 e. The summed E-state index contributed by atoms with van der Waals surface area (Å²) in [4.78, 5) is 41.6. The van der Waals surface area contributed by atoms with Crippen molar-refractivity contribution < 1.29 is 18.8 Å². The van der Waals surface area contributed by atoms with Crippen LogP contribution in [0, 0.1) is 25.6 Å². The Kier molecular flexibility index (Phi) is 6.91. The van der Waals surface area contributed by atoms with E-state index >= 15 is 0 Å². The van der Waals surface area contributed by atoms with Gasteiger partial charge >= 0.3 is 0 Å². The second-order valence-electron chi connectivity index (χ2n) is 11.8. The van der Waals surface area contributed by atoms with Crippen molar-refractivity contribution in [3.05, 3.63) is 106 Å². The van der Waals surface area contributed by atoms with Crippen molar-refractivity contribution in [2.45, 2.75) is 51.2 Å². The molecule has 0 spiro atoms. The minimum atomic E-state index is -1.09. The van der Waals surface area contributed by atoms with Gasteiger partial charge in [-0.05, 0) is 74.1 Å². The van der Waals surface area contributed by atoms with Gasteiger partial charge in [0.25, 0.3) is 17.7 Å². The number of nitrogens with zero attached hydrogens (tertiary/aromatic N) is 6. The van der Waals surface area contributed by atoms with Crippen LogP contribution < -0.4 is 4.90 Å². The highest BCUT2D eigenvalue weighted by Gasteiger charge is 2.55. The van der Waals surface area contributed by atoms with Crippen LogP contribution in [0.2, 0.25) is 0 Å². The molecule has 0 radical (unpaired) electrons. The van der Waals surface area contributed by atoms with Crippen LogP contribution in [0.3, 0.4) is 0 Å². The van der Waals surface area contributed by atoms with Gasteiger partial charge in [-0.15, -0.1) is 0 Å². The van der Waals surface area contributed by atoms with E-state index in [1.165, 1.54) is 33.8 Å². The molecule has 1 aliphatic carbocycles. The monoisotopic (exact) mass is 590 g/mol. The number of rotatable bonds is 5. The maximum atomic E-state index is 14.1. The van der Waals surface area contributed by atoms with Crippen molar-refractivity contribution in [1.29, 1.82) is 0 Å². The van der Waals surface area contributed by atoms with Crippen LogP contribution in [-0.2, 0) is 14.4 Å². The molecule has 3 aliphatic heterocycles. The highest BCUT2D eigenvalue weighted by Crippen LogP contribution is 2.45. The Labute approximate surface area is 254 Å². The number of imide groups is 1. The van der Waals surface area contributed by atoms with E-state index in [0.717, 1.165) is 58.2 Å². The molecule has 2 fully saturated rings. The van der Waals surface area contributed by atoms with Gasteiger partial charge in [0.2, 0.25) is 0 Å². The molecule has 0 unspecified atom stereocenters. The molecule has 0 aromatic heterocycles. The van der Waals surface area contributed by atoms with Crippen LogP contribution in [0.4, 0.5) is 10.1 Å². The Hall–Kier alpha value is -4.99. The Morgan fingerprint density at radius 1 is 0.955 bits per heavy atom. The second-order valence-corrected chi connectivity index (χ2v) is 11.8. The van der Waals surface area contributed by atoms with Gasteiger partial charge in [0, 0.05) is 5.92 Å². The summed E-state index contributed by atoms with van der Waals surface area (Å²) in [5.41, 5.74) is 6.51. The Morgan fingerprint density at radius 3 is 2.41 bits per heavy atom. The lowest BCUT2D eigenvalue weighted by molar-refractivity contribution is -0.136. The number of carbonyl (C=O) groups is 3. The third-order valence-corrected chi connectivity index (χ3v) is 8.82. The minimum absolute atomic E-state index is 0.0122.